The van der Waals surface area contributed by atoms with Gasteiger partial charge in [0.15, 0.2) is 5.65 Å². The van der Waals surface area contributed by atoms with Crippen molar-refractivity contribution < 1.29 is 23.0 Å². The largest absolute Gasteiger partial charge is 0.495 e. The van der Waals surface area contributed by atoms with Gasteiger partial charge in [-0.1, -0.05) is 18.2 Å². The van der Waals surface area contributed by atoms with Crippen molar-refractivity contribution in [2.24, 2.45) is 0 Å². The number of aliphatic hydroxyl groups excluding tert-OH is 1. The molecule has 4 rings (SSSR count). The van der Waals surface area contributed by atoms with E-state index in [1.165, 1.54) is 25.4 Å². The summed E-state index contributed by atoms with van der Waals surface area (Å²) < 4.78 is 39.1. The van der Waals surface area contributed by atoms with Gasteiger partial charge in [-0.05, 0) is 36.9 Å². The van der Waals surface area contributed by atoms with Crippen LogP contribution < -0.4 is 4.74 Å². The van der Waals surface area contributed by atoms with Crippen molar-refractivity contribution in [1.82, 2.24) is 8.96 Å². The van der Waals surface area contributed by atoms with E-state index < -0.39 is 16.1 Å². The third kappa shape index (κ3) is 3.94. The quantitative estimate of drug-likeness (QED) is 0.593. The SMILES string of the molecule is COc1cnc2c(c1)cc(C(O)CC1CC(SC)CO1)n2S(=O)(=O)c1ccccc1. The lowest BCUT2D eigenvalue weighted by Crippen LogP contribution is -2.20. The molecule has 2 aromatic heterocycles. The summed E-state index contributed by atoms with van der Waals surface area (Å²) in [5.41, 5.74) is 0.522. The molecule has 0 aliphatic carbocycles. The summed E-state index contributed by atoms with van der Waals surface area (Å²) >= 11 is 1.74. The van der Waals surface area contributed by atoms with Crippen LogP contribution in [0.25, 0.3) is 11.0 Å². The highest BCUT2D eigenvalue weighted by atomic mass is 32.2. The Kier molecular flexibility index (Phi) is 6.06. The van der Waals surface area contributed by atoms with Crippen LogP contribution >= 0.6 is 11.8 Å². The van der Waals surface area contributed by atoms with Crippen LogP contribution in [0, 0.1) is 0 Å². The first-order valence-electron chi connectivity index (χ1n) is 9.62. The minimum Gasteiger partial charge on any atom is -0.495 e. The van der Waals surface area contributed by atoms with E-state index >= 15 is 0 Å². The maximum Gasteiger partial charge on any atom is 0.269 e. The van der Waals surface area contributed by atoms with Crippen LogP contribution in [0.5, 0.6) is 5.75 Å². The van der Waals surface area contributed by atoms with Gasteiger partial charge in [0.1, 0.15) is 5.75 Å². The van der Waals surface area contributed by atoms with Gasteiger partial charge in [0.25, 0.3) is 10.0 Å². The molecule has 1 aliphatic heterocycles. The summed E-state index contributed by atoms with van der Waals surface area (Å²) in [4.78, 5) is 4.45. The fourth-order valence-corrected chi connectivity index (χ4v) is 5.90. The minimum absolute atomic E-state index is 0.120. The molecule has 0 amide bonds. The van der Waals surface area contributed by atoms with Crippen molar-refractivity contribution >= 4 is 32.8 Å². The molecular formula is C21H24N2O5S2. The van der Waals surface area contributed by atoms with Gasteiger partial charge in [-0.15, -0.1) is 0 Å². The number of hydrogen-bond donors (Lipinski definition) is 1. The Labute approximate surface area is 180 Å². The normalized spacial score (nSPS) is 20.5. The molecule has 1 aromatic carbocycles. The van der Waals surface area contributed by atoms with Gasteiger partial charge in [-0.3, -0.25) is 0 Å². The molecule has 0 bridgehead atoms. The van der Waals surface area contributed by atoms with Crippen LogP contribution in [0.15, 0.2) is 53.6 Å². The zero-order valence-corrected chi connectivity index (χ0v) is 18.4. The number of ether oxygens (including phenoxy) is 2. The number of aromatic nitrogens is 2. The first kappa shape index (κ1) is 21.2. The highest BCUT2D eigenvalue weighted by Gasteiger charge is 2.31. The molecule has 3 heterocycles. The first-order valence-corrected chi connectivity index (χ1v) is 12.3. The number of thioether (sulfide) groups is 1. The molecule has 0 radical (unpaired) electrons. The summed E-state index contributed by atoms with van der Waals surface area (Å²) in [6, 6.07) is 11.5. The highest BCUT2D eigenvalue weighted by molar-refractivity contribution is 7.99. The molecule has 1 aliphatic rings. The molecule has 3 atom stereocenters. The summed E-state index contributed by atoms with van der Waals surface area (Å²) in [6.07, 6.45) is 3.51. The standard InChI is InChI=1S/C21H24N2O5S2/c1-27-16-8-14-9-19(20(24)11-15-10-17(29-2)13-28-15)23(21(14)22-12-16)30(25,26)18-6-4-3-5-7-18/h3-9,12,15,17,20,24H,10-11,13H2,1-2H3. The molecule has 9 heteroatoms. The molecule has 0 spiro atoms. The van der Waals surface area contributed by atoms with Crippen molar-refractivity contribution in [3.8, 4) is 5.75 Å². The molecule has 160 valence electrons. The second-order valence-electron chi connectivity index (χ2n) is 7.24. The number of methoxy groups -OCH3 is 1. The van der Waals surface area contributed by atoms with Crippen LogP contribution in [-0.4, -0.2) is 53.8 Å². The van der Waals surface area contributed by atoms with Crippen molar-refractivity contribution in [2.75, 3.05) is 20.0 Å². The second-order valence-corrected chi connectivity index (χ2v) is 10.2. The van der Waals surface area contributed by atoms with Crippen molar-refractivity contribution in [2.45, 2.75) is 35.2 Å². The zero-order chi connectivity index (χ0) is 21.3. The van der Waals surface area contributed by atoms with E-state index in [0.29, 0.717) is 29.4 Å². The van der Waals surface area contributed by atoms with Crippen molar-refractivity contribution in [1.29, 1.82) is 0 Å². The third-order valence-corrected chi connectivity index (χ3v) is 8.05. The van der Waals surface area contributed by atoms with Gasteiger partial charge in [-0.2, -0.15) is 11.8 Å². The summed E-state index contributed by atoms with van der Waals surface area (Å²) in [5.74, 6) is 0.514. The zero-order valence-electron chi connectivity index (χ0n) is 16.8. The third-order valence-electron chi connectivity index (χ3n) is 5.32. The van der Waals surface area contributed by atoms with E-state index in [2.05, 4.69) is 4.98 Å². The first-order chi connectivity index (χ1) is 14.4. The van der Waals surface area contributed by atoms with Crippen LogP contribution in [0.4, 0.5) is 0 Å². The highest BCUT2D eigenvalue weighted by Crippen LogP contribution is 2.34. The molecule has 1 N–H and O–H groups in total. The Morgan fingerprint density at radius 1 is 1.33 bits per heavy atom. The topological polar surface area (TPSA) is 90.7 Å². The number of aliphatic hydroxyl groups is 1. The summed E-state index contributed by atoms with van der Waals surface area (Å²) in [7, 11) is -2.43. The maximum absolute atomic E-state index is 13.5. The molecule has 3 unspecified atom stereocenters. The van der Waals surface area contributed by atoms with Gasteiger partial charge in [-0.25, -0.2) is 17.4 Å². The predicted octanol–water partition coefficient (Wildman–Crippen LogP) is 3.23. The number of benzene rings is 1. The van der Waals surface area contributed by atoms with E-state index in [9.17, 15) is 13.5 Å². The lowest BCUT2D eigenvalue weighted by atomic mass is 10.1. The second kappa shape index (κ2) is 8.58. The Morgan fingerprint density at radius 3 is 2.77 bits per heavy atom. The maximum atomic E-state index is 13.5. The molecule has 1 saturated heterocycles. The minimum atomic E-state index is -3.96. The molecule has 3 aromatic rings. The Hall–Kier alpha value is -2.07. The van der Waals surface area contributed by atoms with Crippen LogP contribution in [0.3, 0.4) is 0 Å². The number of fused-ring (bicyclic) bond motifs is 1. The van der Waals surface area contributed by atoms with Crippen molar-refractivity contribution in [3.63, 3.8) is 0 Å². The Balaban J connectivity index is 1.79. The molecule has 1 fully saturated rings. The number of pyridine rings is 1. The van der Waals surface area contributed by atoms with Crippen LogP contribution in [0.1, 0.15) is 24.6 Å². The van der Waals surface area contributed by atoms with Crippen molar-refractivity contribution in [3.05, 3.63) is 54.4 Å². The van der Waals surface area contributed by atoms with E-state index in [4.69, 9.17) is 9.47 Å². The molecule has 0 saturated carbocycles. The Bertz CT molecular complexity index is 1130. The van der Waals surface area contributed by atoms with Gasteiger partial charge in [0.05, 0.1) is 42.7 Å². The van der Waals surface area contributed by atoms with Gasteiger partial charge in [0, 0.05) is 17.1 Å². The molecule has 30 heavy (non-hydrogen) atoms. The summed E-state index contributed by atoms with van der Waals surface area (Å²) in [5, 5.41) is 12.0. The van der Waals surface area contributed by atoms with Gasteiger partial charge in [0.2, 0.25) is 0 Å². The predicted molar refractivity (Wildman–Crippen MR) is 117 cm³/mol. The average Bonchev–Trinajstić information content (AvgIpc) is 3.38. The number of nitrogens with zero attached hydrogens (tertiary/aromatic N) is 2. The summed E-state index contributed by atoms with van der Waals surface area (Å²) in [6.45, 7) is 0.641. The lowest BCUT2D eigenvalue weighted by Gasteiger charge is -2.18. The number of rotatable bonds is 7. The van der Waals surface area contributed by atoms with E-state index in [1.54, 1.807) is 42.1 Å². The monoisotopic (exact) mass is 448 g/mol. The smallest absolute Gasteiger partial charge is 0.269 e. The van der Waals surface area contributed by atoms with E-state index in [0.717, 1.165) is 10.4 Å². The van der Waals surface area contributed by atoms with E-state index in [-0.39, 0.29) is 22.3 Å². The number of hydrogen-bond acceptors (Lipinski definition) is 7. The van der Waals surface area contributed by atoms with Crippen LogP contribution in [0.2, 0.25) is 0 Å². The lowest BCUT2D eigenvalue weighted by molar-refractivity contribution is 0.0518. The van der Waals surface area contributed by atoms with Crippen LogP contribution in [-0.2, 0) is 14.8 Å². The van der Waals surface area contributed by atoms with E-state index in [1.807, 2.05) is 6.26 Å². The average molecular weight is 449 g/mol. The van der Waals surface area contributed by atoms with Gasteiger partial charge < -0.3 is 14.6 Å². The Morgan fingerprint density at radius 2 is 2.10 bits per heavy atom. The molecule has 7 nitrogen and oxygen atoms in total. The fourth-order valence-electron chi connectivity index (χ4n) is 3.74. The molecular weight excluding hydrogens is 424 g/mol. The fraction of sp³-hybridized carbons (Fsp3) is 0.381. The van der Waals surface area contributed by atoms with Gasteiger partial charge >= 0.3 is 0 Å².